The van der Waals surface area contributed by atoms with E-state index in [0.29, 0.717) is 34.4 Å². The highest BCUT2D eigenvalue weighted by molar-refractivity contribution is 7.71. The third kappa shape index (κ3) is 3.26. The molecule has 22 heavy (non-hydrogen) atoms. The van der Waals surface area contributed by atoms with Crippen LogP contribution in [0.3, 0.4) is 0 Å². The molecule has 6 nitrogen and oxygen atoms in total. The molecule has 2 aromatic rings. The van der Waals surface area contributed by atoms with Crippen molar-refractivity contribution in [2.24, 2.45) is 0 Å². The number of benzene rings is 1. The lowest BCUT2D eigenvalue weighted by Gasteiger charge is -2.13. The van der Waals surface area contributed by atoms with Crippen LogP contribution in [0.2, 0.25) is 0 Å². The van der Waals surface area contributed by atoms with Crippen LogP contribution in [-0.4, -0.2) is 35.2 Å². The first kappa shape index (κ1) is 16.4. The number of aromatic nitrogens is 2. The molecule has 1 amide bonds. The number of amides is 1. The molecule has 0 aliphatic heterocycles. The third-order valence-corrected chi connectivity index (χ3v) is 3.68. The van der Waals surface area contributed by atoms with Crippen molar-refractivity contribution < 1.29 is 9.53 Å². The van der Waals surface area contributed by atoms with Gasteiger partial charge in [-0.25, -0.2) is 0 Å². The van der Waals surface area contributed by atoms with Crippen LogP contribution in [0.25, 0.3) is 10.9 Å². The van der Waals surface area contributed by atoms with Crippen molar-refractivity contribution in [1.29, 1.82) is 0 Å². The van der Waals surface area contributed by atoms with Gasteiger partial charge < -0.3 is 15.0 Å². The number of carbonyl (C=O) groups excluding carboxylic acids is 1. The van der Waals surface area contributed by atoms with Gasteiger partial charge in [-0.05, 0) is 44.3 Å². The molecule has 0 radical (unpaired) electrons. The summed E-state index contributed by atoms with van der Waals surface area (Å²) in [5.74, 6) is -0.217. The van der Waals surface area contributed by atoms with Gasteiger partial charge in [-0.15, -0.1) is 0 Å². The third-order valence-electron chi connectivity index (χ3n) is 3.35. The lowest BCUT2D eigenvalue weighted by atomic mass is 10.1. The summed E-state index contributed by atoms with van der Waals surface area (Å²) in [6.45, 7) is 4.65. The monoisotopic (exact) mass is 321 g/mol. The summed E-state index contributed by atoms with van der Waals surface area (Å²) in [5.41, 5.74) is 0.877. The van der Waals surface area contributed by atoms with Crippen LogP contribution in [0.15, 0.2) is 23.0 Å². The van der Waals surface area contributed by atoms with Gasteiger partial charge in [-0.3, -0.25) is 14.2 Å². The molecule has 0 saturated heterocycles. The molecule has 0 bridgehead atoms. The zero-order valence-corrected chi connectivity index (χ0v) is 13.6. The SMILES string of the molecule is CCn1c(=S)[nH]c2cc(C(=O)NC(C)COC)ccc2c1=O. The van der Waals surface area contributed by atoms with Crippen LogP contribution in [0, 0.1) is 4.77 Å². The van der Waals surface area contributed by atoms with Gasteiger partial charge >= 0.3 is 0 Å². The highest BCUT2D eigenvalue weighted by atomic mass is 32.1. The minimum absolute atomic E-state index is 0.0974. The average Bonchev–Trinajstić information content (AvgIpc) is 2.47. The maximum atomic E-state index is 12.3. The number of ether oxygens (including phenoxy) is 1. The molecule has 118 valence electrons. The molecule has 0 aliphatic carbocycles. The number of nitrogens with zero attached hydrogens (tertiary/aromatic N) is 1. The van der Waals surface area contributed by atoms with Crippen LogP contribution in [0.5, 0.6) is 0 Å². The molecular formula is C15H19N3O3S. The fraction of sp³-hybridized carbons (Fsp3) is 0.400. The van der Waals surface area contributed by atoms with E-state index in [4.69, 9.17) is 17.0 Å². The summed E-state index contributed by atoms with van der Waals surface area (Å²) in [5, 5.41) is 3.34. The predicted octanol–water partition coefficient (Wildman–Crippen LogP) is 1.84. The van der Waals surface area contributed by atoms with Gasteiger partial charge in [0.05, 0.1) is 17.5 Å². The van der Waals surface area contributed by atoms with Gasteiger partial charge in [0.15, 0.2) is 4.77 Å². The van der Waals surface area contributed by atoms with E-state index in [0.717, 1.165) is 0 Å². The second-order valence-electron chi connectivity index (χ2n) is 5.07. The number of H-pyrrole nitrogens is 1. The summed E-state index contributed by atoms with van der Waals surface area (Å²) in [4.78, 5) is 27.5. The van der Waals surface area contributed by atoms with Crippen molar-refractivity contribution in [2.75, 3.05) is 13.7 Å². The Labute approximate surface area is 133 Å². The molecule has 7 heteroatoms. The van der Waals surface area contributed by atoms with E-state index in [1.54, 1.807) is 25.3 Å². The minimum atomic E-state index is -0.217. The zero-order valence-electron chi connectivity index (χ0n) is 12.8. The fourth-order valence-electron chi connectivity index (χ4n) is 2.28. The highest BCUT2D eigenvalue weighted by Crippen LogP contribution is 2.11. The Morgan fingerprint density at radius 3 is 2.86 bits per heavy atom. The van der Waals surface area contributed by atoms with Crippen molar-refractivity contribution in [3.8, 4) is 0 Å². The van der Waals surface area contributed by atoms with Gasteiger partial charge in [0.1, 0.15) is 0 Å². The first-order valence-electron chi connectivity index (χ1n) is 7.04. The first-order chi connectivity index (χ1) is 10.5. The summed E-state index contributed by atoms with van der Waals surface area (Å²) in [6, 6.07) is 4.82. The molecule has 0 saturated carbocycles. The highest BCUT2D eigenvalue weighted by Gasteiger charge is 2.12. The van der Waals surface area contributed by atoms with E-state index in [2.05, 4.69) is 10.3 Å². The van der Waals surface area contributed by atoms with Crippen LogP contribution in [-0.2, 0) is 11.3 Å². The molecular weight excluding hydrogens is 302 g/mol. The van der Waals surface area contributed by atoms with E-state index in [1.807, 2.05) is 13.8 Å². The number of hydrogen-bond donors (Lipinski definition) is 2. The number of hydrogen-bond acceptors (Lipinski definition) is 4. The van der Waals surface area contributed by atoms with Gasteiger partial charge in [0.25, 0.3) is 11.5 Å². The van der Waals surface area contributed by atoms with Crippen molar-refractivity contribution in [3.63, 3.8) is 0 Å². The second kappa shape index (κ2) is 6.85. The minimum Gasteiger partial charge on any atom is -0.383 e. The van der Waals surface area contributed by atoms with Crippen molar-refractivity contribution in [3.05, 3.63) is 38.9 Å². The second-order valence-corrected chi connectivity index (χ2v) is 5.46. The van der Waals surface area contributed by atoms with Gasteiger partial charge in [-0.2, -0.15) is 0 Å². The van der Waals surface area contributed by atoms with Gasteiger partial charge in [0, 0.05) is 25.3 Å². The van der Waals surface area contributed by atoms with Gasteiger partial charge in [0.2, 0.25) is 0 Å². The Morgan fingerprint density at radius 2 is 2.23 bits per heavy atom. The van der Waals surface area contributed by atoms with E-state index >= 15 is 0 Å². The molecule has 1 atom stereocenters. The topological polar surface area (TPSA) is 76.1 Å². The Hall–Kier alpha value is -1.99. The number of fused-ring (bicyclic) bond motifs is 1. The first-order valence-corrected chi connectivity index (χ1v) is 7.45. The van der Waals surface area contributed by atoms with Crippen molar-refractivity contribution in [1.82, 2.24) is 14.9 Å². The number of nitrogens with one attached hydrogen (secondary N) is 2. The van der Waals surface area contributed by atoms with Crippen LogP contribution in [0.1, 0.15) is 24.2 Å². The van der Waals surface area contributed by atoms with E-state index in [9.17, 15) is 9.59 Å². The van der Waals surface area contributed by atoms with Crippen LogP contribution >= 0.6 is 12.2 Å². The molecule has 1 aromatic heterocycles. The Bertz CT molecular complexity index is 810. The van der Waals surface area contributed by atoms with Gasteiger partial charge in [-0.1, -0.05) is 0 Å². The predicted molar refractivity (Wildman–Crippen MR) is 87.9 cm³/mol. The normalized spacial score (nSPS) is 12.3. The maximum Gasteiger partial charge on any atom is 0.262 e. The quantitative estimate of drug-likeness (QED) is 0.824. The lowest BCUT2D eigenvalue weighted by molar-refractivity contribution is 0.0905. The lowest BCUT2D eigenvalue weighted by Crippen LogP contribution is -2.35. The summed E-state index contributed by atoms with van der Waals surface area (Å²) < 4.78 is 6.83. The summed E-state index contributed by atoms with van der Waals surface area (Å²) in [6.07, 6.45) is 0. The molecule has 1 aromatic carbocycles. The molecule has 0 aliphatic rings. The standard InChI is InChI=1S/C15H19N3O3S/c1-4-18-14(20)11-6-5-10(7-12(11)17-15(18)22)13(19)16-9(2)8-21-3/h5-7,9H,4,8H2,1-3H3,(H,16,19)(H,17,22). The fourth-order valence-corrected chi connectivity index (χ4v) is 2.60. The number of methoxy groups -OCH3 is 1. The summed E-state index contributed by atoms with van der Waals surface area (Å²) >= 11 is 5.17. The summed E-state index contributed by atoms with van der Waals surface area (Å²) in [7, 11) is 1.58. The Kier molecular flexibility index (Phi) is 5.10. The van der Waals surface area contributed by atoms with Crippen molar-refractivity contribution >= 4 is 29.0 Å². The van der Waals surface area contributed by atoms with Crippen LogP contribution in [0.4, 0.5) is 0 Å². The van der Waals surface area contributed by atoms with Crippen LogP contribution < -0.4 is 10.9 Å². The number of rotatable bonds is 5. The number of carbonyl (C=O) groups is 1. The molecule has 0 fully saturated rings. The largest absolute Gasteiger partial charge is 0.383 e. The van der Waals surface area contributed by atoms with E-state index < -0.39 is 0 Å². The molecule has 0 spiro atoms. The van der Waals surface area contributed by atoms with E-state index in [-0.39, 0.29) is 17.5 Å². The molecule has 2 rings (SSSR count). The molecule has 1 heterocycles. The molecule has 1 unspecified atom stereocenters. The number of aromatic amines is 1. The Morgan fingerprint density at radius 1 is 1.50 bits per heavy atom. The maximum absolute atomic E-state index is 12.3. The smallest absolute Gasteiger partial charge is 0.262 e. The van der Waals surface area contributed by atoms with Crippen molar-refractivity contribution in [2.45, 2.75) is 26.4 Å². The van der Waals surface area contributed by atoms with E-state index in [1.165, 1.54) is 4.57 Å². The zero-order chi connectivity index (χ0) is 16.3. The average molecular weight is 321 g/mol. The molecule has 2 N–H and O–H groups in total. The Balaban J connectivity index is 2.41.